The third kappa shape index (κ3) is 45.8. The van der Waals surface area contributed by atoms with E-state index in [0.29, 0.717) is 13.0 Å². The van der Waals surface area contributed by atoms with Gasteiger partial charge in [-0.2, -0.15) is 0 Å². The van der Waals surface area contributed by atoms with Gasteiger partial charge in [0.25, 0.3) is 0 Å². The van der Waals surface area contributed by atoms with Gasteiger partial charge in [0.1, 0.15) is 12.1 Å². The number of carbonyl (C=O) groups is 2. The van der Waals surface area contributed by atoms with Crippen LogP contribution in [0.25, 0.3) is 0 Å². The second-order valence-electron chi connectivity index (χ2n) is 16.6. The molecule has 356 valence electrons. The van der Waals surface area contributed by atoms with Gasteiger partial charge in [-0.05, 0) is 77.0 Å². The molecule has 0 amide bonds. The van der Waals surface area contributed by atoms with Gasteiger partial charge in [-0.3, -0.25) is 18.6 Å². The summed E-state index contributed by atoms with van der Waals surface area (Å²) in [6.07, 6.45) is 54.4. The van der Waals surface area contributed by atoms with Crippen molar-refractivity contribution in [3.8, 4) is 0 Å². The van der Waals surface area contributed by atoms with Crippen LogP contribution in [0.15, 0.2) is 48.6 Å². The van der Waals surface area contributed by atoms with Crippen LogP contribution in [0.4, 0.5) is 0 Å². The van der Waals surface area contributed by atoms with Gasteiger partial charge in [0.05, 0.1) is 19.8 Å². The van der Waals surface area contributed by atoms with E-state index in [2.05, 4.69) is 62.5 Å². The molecule has 0 rings (SSSR count). The second-order valence-corrected chi connectivity index (χ2v) is 18.0. The molecule has 0 aromatic carbocycles. The van der Waals surface area contributed by atoms with Crippen molar-refractivity contribution in [1.82, 2.24) is 0 Å². The Morgan fingerprint density at radius 2 is 0.902 bits per heavy atom. The normalized spacial score (nSPS) is 14.2. The quantitative estimate of drug-likeness (QED) is 0.0233. The smallest absolute Gasteiger partial charge is 0.472 e. The maximum Gasteiger partial charge on any atom is 0.472 e. The zero-order valence-corrected chi connectivity index (χ0v) is 39.9. The fraction of sp³-hybridized carbons (Fsp3) is 0.800. The Hall–Kier alpha value is -2.07. The fourth-order valence-electron chi connectivity index (χ4n) is 6.72. The zero-order chi connectivity index (χ0) is 44.8. The number of nitrogens with two attached hydrogens (primary N) is 1. The molecule has 0 aromatic heterocycles. The van der Waals surface area contributed by atoms with Crippen molar-refractivity contribution >= 4 is 19.8 Å². The number of hydrogen-bond acceptors (Lipinski definition) is 8. The molecule has 3 unspecified atom stereocenters. The van der Waals surface area contributed by atoms with Crippen molar-refractivity contribution in [2.45, 2.75) is 231 Å². The van der Waals surface area contributed by atoms with Gasteiger partial charge < -0.3 is 25.2 Å². The number of aliphatic carboxylic acids is 1. The van der Waals surface area contributed by atoms with E-state index in [0.717, 1.165) is 64.2 Å². The lowest BCUT2D eigenvalue weighted by atomic mass is 10.1. The summed E-state index contributed by atoms with van der Waals surface area (Å²) in [7, 11) is -4.62. The maximum absolute atomic E-state index is 12.7. The number of unbranched alkanes of at least 4 members (excludes halogenated alkanes) is 25. The van der Waals surface area contributed by atoms with E-state index < -0.39 is 45.1 Å². The minimum atomic E-state index is -4.62. The number of allylic oxidation sites excluding steroid dienone is 8. The molecule has 0 heterocycles. The number of ether oxygens (including phenoxy) is 2. The number of carbonyl (C=O) groups excluding carboxylic acids is 1. The first-order chi connectivity index (χ1) is 29.7. The van der Waals surface area contributed by atoms with Gasteiger partial charge in [-0.25, -0.2) is 4.57 Å². The molecular formula is C50H92NO9P. The van der Waals surface area contributed by atoms with Crippen molar-refractivity contribution < 1.29 is 42.7 Å². The lowest BCUT2D eigenvalue weighted by molar-refractivity contribution is -0.154. The van der Waals surface area contributed by atoms with Crippen LogP contribution in [0.3, 0.4) is 0 Å². The average Bonchev–Trinajstić information content (AvgIpc) is 3.24. The van der Waals surface area contributed by atoms with Crippen molar-refractivity contribution in [3.05, 3.63) is 48.6 Å². The zero-order valence-electron chi connectivity index (χ0n) is 39.0. The van der Waals surface area contributed by atoms with Crippen molar-refractivity contribution in [3.63, 3.8) is 0 Å². The summed E-state index contributed by atoms with van der Waals surface area (Å²) in [6.45, 7) is 3.85. The molecule has 0 aliphatic carbocycles. The van der Waals surface area contributed by atoms with Crippen molar-refractivity contribution in [2.75, 3.05) is 26.4 Å². The van der Waals surface area contributed by atoms with Gasteiger partial charge in [-0.15, -0.1) is 0 Å². The lowest BCUT2D eigenvalue weighted by Gasteiger charge is -2.20. The molecule has 0 spiro atoms. The molecule has 3 atom stereocenters. The predicted molar refractivity (Wildman–Crippen MR) is 254 cm³/mol. The summed E-state index contributed by atoms with van der Waals surface area (Å²) >= 11 is 0. The van der Waals surface area contributed by atoms with Crippen molar-refractivity contribution in [1.29, 1.82) is 0 Å². The standard InChI is InChI=1S/C50H92NO9P/c1-3-5-7-9-11-13-15-17-19-21-23-24-25-26-28-30-32-34-36-38-40-42-49(52)60-47(45-58-61(55,56)59-46-48(51)50(53)54)44-57-43-41-39-37-35-33-31-29-27-22-20-18-16-14-12-10-8-6-4-2/h12,14-15,17-18,20-21,23,47-48H,3-11,13,16,19,22,24-46,51H2,1-2H3,(H,53,54)(H,55,56)/b14-12-,17-15-,20-18-,23-21-. The fourth-order valence-corrected chi connectivity index (χ4v) is 7.50. The second kappa shape index (κ2) is 45.9. The molecule has 61 heavy (non-hydrogen) atoms. The van der Waals surface area contributed by atoms with Gasteiger partial charge in [-0.1, -0.05) is 184 Å². The molecule has 10 nitrogen and oxygen atoms in total. The topological polar surface area (TPSA) is 155 Å². The molecule has 0 saturated heterocycles. The SMILES string of the molecule is CCCCC/C=C\C/C=C\CCCCCCCCCCOCC(COP(=O)(O)OCC(N)C(=O)O)OC(=O)CCCCCCCCCCC/C=C\C/C=C\CCCCCCC. The number of carboxylic acids is 1. The van der Waals surface area contributed by atoms with Gasteiger partial charge in [0, 0.05) is 13.0 Å². The minimum absolute atomic E-state index is 0.0109. The average molecular weight is 882 g/mol. The summed E-state index contributed by atoms with van der Waals surface area (Å²) in [6, 6.07) is -1.48. The first-order valence-electron chi connectivity index (χ1n) is 24.7. The minimum Gasteiger partial charge on any atom is -0.480 e. The third-order valence-corrected chi connectivity index (χ3v) is 11.5. The molecule has 4 N–H and O–H groups in total. The van der Waals surface area contributed by atoms with Crippen LogP contribution in [0.2, 0.25) is 0 Å². The van der Waals surface area contributed by atoms with E-state index in [1.165, 1.54) is 128 Å². The number of rotatable bonds is 47. The Bertz CT molecular complexity index is 1160. The Morgan fingerprint density at radius 1 is 0.525 bits per heavy atom. The summed E-state index contributed by atoms with van der Waals surface area (Å²) < 4.78 is 33.5. The number of hydrogen-bond donors (Lipinski definition) is 3. The first kappa shape index (κ1) is 58.9. The Balaban J connectivity index is 4.18. The molecule has 0 aliphatic heterocycles. The van der Waals surface area contributed by atoms with Crippen LogP contribution in [-0.4, -0.2) is 60.5 Å². The lowest BCUT2D eigenvalue weighted by Crippen LogP contribution is -2.34. The maximum atomic E-state index is 12.7. The summed E-state index contributed by atoms with van der Waals surface area (Å²) in [5.74, 6) is -1.78. The van der Waals surface area contributed by atoms with Gasteiger partial charge >= 0.3 is 19.8 Å². The number of phosphoric ester groups is 1. The van der Waals surface area contributed by atoms with E-state index >= 15 is 0 Å². The molecule has 0 aromatic rings. The van der Waals surface area contributed by atoms with E-state index in [1.807, 2.05) is 0 Å². The number of carboxylic acid groups (broad SMARTS) is 1. The highest BCUT2D eigenvalue weighted by atomic mass is 31.2. The van der Waals surface area contributed by atoms with Crippen LogP contribution in [-0.2, 0) is 32.7 Å². The van der Waals surface area contributed by atoms with Gasteiger partial charge in [0.15, 0.2) is 0 Å². The highest BCUT2D eigenvalue weighted by Crippen LogP contribution is 2.43. The molecule has 0 aliphatic rings. The Morgan fingerprint density at radius 3 is 1.36 bits per heavy atom. The largest absolute Gasteiger partial charge is 0.480 e. The van der Waals surface area contributed by atoms with Crippen LogP contribution >= 0.6 is 7.82 Å². The van der Waals surface area contributed by atoms with Crippen LogP contribution in [0.5, 0.6) is 0 Å². The Kier molecular flexibility index (Phi) is 44.4. The summed E-state index contributed by atoms with van der Waals surface area (Å²) in [5, 5.41) is 8.92. The Labute approximate surface area is 373 Å². The van der Waals surface area contributed by atoms with Crippen LogP contribution in [0, 0.1) is 0 Å². The predicted octanol–water partition coefficient (Wildman–Crippen LogP) is 14.2. The molecule has 11 heteroatoms. The van der Waals surface area contributed by atoms with Gasteiger partial charge in [0.2, 0.25) is 0 Å². The summed E-state index contributed by atoms with van der Waals surface area (Å²) in [5.41, 5.74) is 5.37. The molecule has 0 fully saturated rings. The number of phosphoric acid groups is 1. The third-order valence-electron chi connectivity index (χ3n) is 10.6. The monoisotopic (exact) mass is 882 g/mol. The molecule has 0 saturated carbocycles. The van der Waals surface area contributed by atoms with Crippen LogP contribution < -0.4 is 5.73 Å². The van der Waals surface area contributed by atoms with Crippen molar-refractivity contribution in [2.24, 2.45) is 5.73 Å². The van der Waals surface area contributed by atoms with E-state index in [4.69, 9.17) is 29.4 Å². The highest BCUT2D eigenvalue weighted by Gasteiger charge is 2.27. The molecule has 0 radical (unpaired) electrons. The first-order valence-corrected chi connectivity index (χ1v) is 26.2. The molecule has 0 bridgehead atoms. The van der Waals surface area contributed by atoms with E-state index in [1.54, 1.807) is 0 Å². The van der Waals surface area contributed by atoms with E-state index in [9.17, 15) is 19.0 Å². The van der Waals surface area contributed by atoms with E-state index in [-0.39, 0.29) is 13.0 Å². The van der Waals surface area contributed by atoms with Crippen LogP contribution in [0.1, 0.15) is 219 Å². The number of esters is 1. The highest BCUT2D eigenvalue weighted by molar-refractivity contribution is 7.47. The summed E-state index contributed by atoms with van der Waals surface area (Å²) in [4.78, 5) is 33.7. The molecular weight excluding hydrogens is 790 g/mol.